The number of pyridine rings is 1. The standard InChI is InChI=1S/C20H17F2N5O2.2C2HF3O2/c21-19(22)15(11-23)12-27-20(28)26-7-5-14(10-18(26)25-27)2-1-13-3-4-17-16(9-13)24-6-8-29-17;2*3-2(4,5)1(6)7/h3-5,7,9-10,24H,6,8,11-12,23H2;2*(H,6,7). The number of alkyl halides is 6. The first-order valence-corrected chi connectivity index (χ1v) is 11.4. The highest BCUT2D eigenvalue weighted by Crippen LogP contribution is 2.27. The SMILES string of the molecule is NCC(Cn1nc2cc(C#Cc3ccc4c(c3)NCCO4)ccn2c1=O)=C(F)F.O=C(O)C(F)(F)F.O=C(O)C(F)(F)F. The number of nitrogens with two attached hydrogens (primary N) is 1. The van der Waals surface area contributed by atoms with Crippen LogP contribution in [0.4, 0.5) is 40.8 Å². The molecule has 0 bridgehead atoms. The van der Waals surface area contributed by atoms with Crippen molar-refractivity contribution in [3.63, 3.8) is 0 Å². The van der Waals surface area contributed by atoms with E-state index in [0.29, 0.717) is 17.8 Å². The van der Waals surface area contributed by atoms with Crippen LogP contribution >= 0.6 is 0 Å². The van der Waals surface area contributed by atoms with E-state index in [0.717, 1.165) is 28.2 Å². The second kappa shape index (κ2) is 14.2. The highest BCUT2D eigenvalue weighted by atomic mass is 19.4. The quantitative estimate of drug-likeness (QED) is 0.253. The van der Waals surface area contributed by atoms with Gasteiger partial charge in [0.15, 0.2) is 5.65 Å². The molecule has 19 heteroatoms. The van der Waals surface area contributed by atoms with E-state index in [9.17, 15) is 39.9 Å². The third-order valence-electron chi connectivity index (χ3n) is 4.93. The normalized spacial score (nSPS) is 12.0. The lowest BCUT2D eigenvalue weighted by Crippen LogP contribution is -2.24. The molecule has 4 rings (SSSR count). The molecule has 0 saturated heterocycles. The fourth-order valence-corrected chi connectivity index (χ4v) is 2.94. The molecule has 3 aromatic rings. The van der Waals surface area contributed by atoms with Crippen molar-refractivity contribution in [3.05, 3.63) is 69.8 Å². The number of rotatable bonds is 3. The van der Waals surface area contributed by atoms with Gasteiger partial charge in [0, 0.05) is 36.0 Å². The van der Waals surface area contributed by atoms with Gasteiger partial charge in [-0.1, -0.05) is 11.8 Å². The average molecular weight is 625 g/mol. The maximum Gasteiger partial charge on any atom is 0.490 e. The van der Waals surface area contributed by atoms with Gasteiger partial charge in [-0.3, -0.25) is 4.40 Å². The minimum atomic E-state index is -5.08. The number of nitrogens with one attached hydrogen (secondary N) is 1. The first-order chi connectivity index (χ1) is 19.9. The Balaban J connectivity index is 0.000000384. The number of aliphatic carboxylic acids is 2. The van der Waals surface area contributed by atoms with Crippen molar-refractivity contribution in [2.75, 3.05) is 25.0 Å². The Labute approximate surface area is 234 Å². The summed E-state index contributed by atoms with van der Waals surface area (Å²) < 4.78 is 96.9. The highest BCUT2D eigenvalue weighted by Gasteiger charge is 2.38. The van der Waals surface area contributed by atoms with Crippen molar-refractivity contribution in [3.8, 4) is 17.6 Å². The molecule has 0 aliphatic carbocycles. The van der Waals surface area contributed by atoms with Crippen LogP contribution in [-0.2, 0) is 16.1 Å². The predicted octanol–water partition coefficient (Wildman–Crippen LogP) is 3.08. The number of ether oxygens (including phenoxy) is 1. The zero-order chi connectivity index (χ0) is 32.5. The summed E-state index contributed by atoms with van der Waals surface area (Å²) in [6.45, 7) is 0.667. The Bertz CT molecular complexity index is 1610. The van der Waals surface area contributed by atoms with Crippen LogP contribution in [0, 0.1) is 11.8 Å². The molecule has 1 aliphatic rings. The lowest BCUT2D eigenvalue weighted by molar-refractivity contribution is -0.193. The van der Waals surface area contributed by atoms with Crippen LogP contribution < -0.4 is 21.5 Å². The first-order valence-electron chi connectivity index (χ1n) is 11.4. The second-order valence-electron chi connectivity index (χ2n) is 7.99. The Hall–Kier alpha value is -5.12. The fraction of sp³-hybridized carbons (Fsp3) is 0.250. The summed E-state index contributed by atoms with van der Waals surface area (Å²) >= 11 is 0. The van der Waals surface area contributed by atoms with Crippen LogP contribution in [0.1, 0.15) is 11.1 Å². The van der Waals surface area contributed by atoms with Crippen molar-refractivity contribution in [1.82, 2.24) is 14.2 Å². The summed E-state index contributed by atoms with van der Waals surface area (Å²) in [4.78, 5) is 30.1. The Morgan fingerprint density at radius 1 is 1.00 bits per heavy atom. The number of hydrogen-bond acceptors (Lipinski definition) is 7. The van der Waals surface area contributed by atoms with Crippen LogP contribution in [0.15, 0.2) is 53.0 Å². The molecule has 2 aromatic heterocycles. The van der Waals surface area contributed by atoms with Crippen molar-refractivity contribution >= 4 is 23.3 Å². The van der Waals surface area contributed by atoms with Gasteiger partial charge in [-0.15, -0.1) is 5.10 Å². The maximum absolute atomic E-state index is 12.8. The minimum absolute atomic E-state index is 0.318. The lowest BCUT2D eigenvalue weighted by Gasteiger charge is -2.18. The fourth-order valence-electron chi connectivity index (χ4n) is 2.94. The van der Waals surface area contributed by atoms with Gasteiger partial charge < -0.3 is 26.0 Å². The molecule has 1 aliphatic heterocycles. The van der Waals surface area contributed by atoms with E-state index < -0.39 is 36.1 Å². The van der Waals surface area contributed by atoms with Gasteiger partial charge in [0.2, 0.25) is 0 Å². The number of anilines is 1. The van der Waals surface area contributed by atoms with Crippen LogP contribution in [0.2, 0.25) is 0 Å². The number of aromatic nitrogens is 3. The zero-order valence-electron chi connectivity index (χ0n) is 21.3. The van der Waals surface area contributed by atoms with Crippen molar-refractivity contribution < 1.29 is 59.7 Å². The van der Waals surface area contributed by atoms with Gasteiger partial charge in [0.1, 0.15) is 12.4 Å². The lowest BCUT2D eigenvalue weighted by atomic mass is 10.1. The molecule has 0 unspecified atom stereocenters. The zero-order valence-corrected chi connectivity index (χ0v) is 21.3. The molecular formula is C24H19F8N5O6. The van der Waals surface area contributed by atoms with Gasteiger partial charge in [-0.25, -0.2) is 19.1 Å². The van der Waals surface area contributed by atoms with E-state index in [-0.39, 0.29) is 18.7 Å². The minimum Gasteiger partial charge on any atom is -0.490 e. The van der Waals surface area contributed by atoms with E-state index in [1.54, 1.807) is 12.1 Å². The van der Waals surface area contributed by atoms with Crippen molar-refractivity contribution in [2.45, 2.75) is 18.9 Å². The Kier molecular flexibility index (Phi) is 11.2. The molecule has 3 heterocycles. The second-order valence-corrected chi connectivity index (χ2v) is 7.99. The molecular weight excluding hydrogens is 606 g/mol. The number of carboxylic acids is 2. The molecule has 232 valence electrons. The largest absolute Gasteiger partial charge is 0.490 e. The van der Waals surface area contributed by atoms with Gasteiger partial charge in [0.25, 0.3) is 6.08 Å². The number of benzene rings is 1. The predicted molar refractivity (Wildman–Crippen MR) is 132 cm³/mol. The molecule has 11 nitrogen and oxygen atoms in total. The molecule has 0 spiro atoms. The van der Waals surface area contributed by atoms with E-state index in [4.69, 9.17) is 30.3 Å². The summed E-state index contributed by atoms with van der Waals surface area (Å²) in [6, 6.07) is 8.93. The van der Waals surface area contributed by atoms with Crippen LogP contribution in [-0.4, -0.2) is 68.4 Å². The van der Waals surface area contributed by atoms with E-state index in [1.165, 1.54) is 10.6 Å². The molecule has 1 aromatic carbocycles. The summed E-state index contributed by atoms with van der Waals surface area (Å²) in [5.41, 5.74) is 7.12. The van der Waals surface area contributed by atoms with Gasteiger partial charge in [0.05, 0.1) is 12.2 Å². The van der Waals surface area contributed by atoms with E-state index in [2.05, 4.69) is 22.3 Å². The van der Waals surface area contributed by atoms with Crippen molar-refractivity contribution in [2.24, 2.45) is 5.73 Å². The molecule has 43 heavy (non-hydrogen) atoms. The average Bonchev–Trinajstić information content (AvgIpc) is 3.24. The summed E-state index contributed by atoms with van der Waals surface area (Å²) in [5.74, 6) is 1.37. The van der Waals surface area contributed by atoms with E-state index >= 15 is 0 Å². The monoisotopic (exact) mass is 625 g/mol. The smallest absolute Gasteiger partial charge is 0.490 e. The molecule has 5 N–H and O–H groups in total. The number of fused-ring (bicyclic) bond motifs is 2. The number of halogens is 8. The molecule has 0 fully saturated rings. The molecule has 0 radical (unpaired) electrons. The number of nitrogens with zero attached hydrogens (tertiary/aromatic N) is 3. The topological polar surface area (TPSA) is 161 Å². The Morgan fingerprint density at radius 3 is 2.07 bits per heavy atom. The van der Waals surface area contributed by atoms with Gasteiger partial charge in [-0.2, -0.15) is 35.1 Å². The molecule has 0 saturated carbocycles. The Morgan fingerprint density at radius 2 is 1.56 bits per heavy atom. The van der Waals surface area contributed by atoms with E-state index in [1.807, 2.05) is 18.2 Å². The van der Waals surface area contributed by atoms with Crippen molar-refractivity contribution in [1.29, 1.82) is 0 Å². The highest BCUT2D eigenvalue weighted by molar-refractivity contribution is 5.73. The number of carboxylic acid groups (broad SMARTS) is 2. The summed E-state index contributed by atoms with van der Waals surface area (Å²) in [7, 11) is 0. The van der Waals surface area contributed by atoms with Crippen LogP contribution in [0.25, 0.3) is 5.65 Å². The van der Waals surface area contributed by atoms with Gasteiger partial charge in [-0.05, 0) is 30.3 Å². The van der Waals surface area contributed by atoms with Gasteiger partial charge >= 0.3 is 30.0 Å². The third-order valence-corrected chi connectivity index (χ3v) is 4.93. The molecule has 0 atom stereocenters. The van der Waals surface area contributed by atoms with Crippen LogP contribution in [0.5, 0.6) is 5.75 Å². The summed E-state index contributed by atoms with van der Waals surface area (Å²) in [5, 5.41) is 21.6. The molecule has 0 amide bonds. The number of carbonyl (C=O) groups is 2. The van der Waals surface area contributed by atoms with Crippen LogP contribution in [0.3, 0.4) is 0 Å². The first kappa shape index (κ1) is 34.1. The summed E-state index contributed by atoms with van der Waals surface area (Å²) in [6.07, 6.45) is -10.5. The third kappa shape index (κ3) is 10.0. The number of hydrogen-bond donors (Lipinski definition) is 4. The maximum atomic E-state index is 12.8.